The maximum absolute atomic E-state index is 13.4. The number of H-pyrrole nitrogens is 1. The number of hydrogen-bond donors (Lipinski definition) is 4. The van der Waals surface area contributed by atoms with Crippen molar-refractivity contribution in [2.24, 2.45) is 5.92 Å². The Hall–Kier alpha value is -6.39. The third-order valence-electron chi connectivity index (χ3n) is 12.7. The van der Waals surface area contributed by atoms with Gasteiger partial charge >= 0.3 is 0 Å². The van der Waals surface area contributed by atoms with Crippen LogP contribution in [0, 0.1) is 5.92 Å². The molecular weight excluding hydrogens is 779 g/mol. The fourth-order valence-electron chi connectivity index (χ4n) is 9.45. The summed E-state index contributed by atoms with van der Waals surface area (Å²) in [6.07, 6.45) is 3.64. The molecule has 3 saturated heterocycles. The van der Waals surface area contributed by atoms with Gasteiger partial charge in [0.2, 0.25) is 11.8 Å². The number of rotatable bonds is 11. The normalized spacial score (nSPS) is 21.3. The largest absolute Gasteiger partial charge is 0.381 e. The van der Waals surface area contributed by atoms with Gasteiger partial charge in [0.05, 0.1) is 29.9 Å². The van der Waals surface area contributed by atoms with E-state index in [4.69, 9.17) is 4.74 Å². The molecule has 0 saturated carbocycles. The Morgan fingerprint density at radius 3 is 2.41 bits per heavy atom. The molecule has 9 rings (SSSR count). The highest BCUT2D eigenvalue weighted by atomic mass is 16.5. The van der Waals surface area contributed by atoms with Crippen molar-refractivity contribution in [1.29, 1.82) is 0 Å². The summed E-state index contributed by atoms with van der Waals surface area (Å²) in [5.74, 6) is -1.47. The fraction of sp³-hybridized carbons (Fsp3) is 0.400. The molecule has 5 aliphatic heterocycles. The highest BCUT2D eigenvalue weighted by Crippen LogP contribution is 2.33. The number of hydrogen-bond acceptors (Lipinski definition) is 11. The van der Waals surface area contributed by atoms with E-state index >= 15 is 0 Å². The minimum Gasteiger partial charge on any atom is -0.381 e. The molecule has 0 aliphatic carbocycles. The van der Waals surface area contributed by atoms with Gasteiger partial charge in [-0.3, -0.25) is 44.1 Å². The Morgan fingerprint density at radius 1 is 0.885 bits per heavy atom. The molecule has 1 aromatic heterocycles. The van der Waals surface area contributed by atoms with Crippen LogP contribution in [0.5, 0.6) is 0 Å². The number of benzene rings is 3. The summed E-state index contributed by atoms with van der Waals surface area (Å²) in [6.45, 7) is 5.42. The monoisotopic (exact) mass is 827 g/mol. The molecule has 16 nitrogen and oxygen atoms in total. The molecule has 3 fully saturated rings. The van der Waals surface area contributed by atoms with Crippen LogP contribution in [0.15, 0.2) is 72.8 Å². The number of aromatic amines is 1. The summed E-state index contributed by atoms with van der Waals surface area (Å²) in [6, 6.07) is 21.4. The van der Waals surface area contributed by atoms with E-state index < -0.39 is 35.8 Å². The molecule has 5 aliphatic rings. The van der Waals surface area contributed by atoms with Crippen molar-refractivity contribution in [3.8, 4) is 0 Å². The molecule has 16 heteroatoms. The number of carbonyl (C=O) groups is 6. The zero-order valence-electron chi connectivity index (χ0n) is 34.0. The number of nitrogens with one attached hydrogen (secondary N) is 4. The van der Waals surface area contributed by atoms with Crippen LogP contribution in [0.1, 0.15) is 92.5 Å². The Bertz CT molecular complexity index is 2360. The highest BCUT2D eigenvalue weighted by molar-refractivity contribution is 6.23. The first kappa shape index (κ1) is 40.0. The summed E-state index contributed by atoms with van der Waals surface area (Å²) < 4.78 is 5.56. The van der Waals surface area contributed by atoms with Gasteiger partial charge in [-0.2, -0.15) is 5.10 Å². The summed E-state index contributed by atoms with van der Waals surface area (Å²) in [7, 11) is 1.53. The van der Waals surface area contributed by atoms with Crippen LogP contribution in [-0.4, -0.2) is 112 Å². The molecule has 4 aromatic rings. The number of methoxy groups -OCH3 is 1. The van der Waals surface area contributed by atoms with Gasteiger partial charge in [0.1, 0.15) is 6.04 Å². The number of imide groups is 2. The van der Waals surface area contributed by atoms with Crippen LogP contribution < -0.4 is 20.9 Å². The van der Waals surface area contributed by atoms with Crippen molar-refractivity contribution in [2.75, 3.05) is 55.4 Å². The second-order valence-electron chi connectivity index (χ2n) is 16.6. The minimum atomic E-state index is -0.986. The second-order valence-corrected chi connectivity index (χ2v) is 16.6. The molecule has 3 aromatic carbocycles. The van der Waals surface area contributed by atoms with E-state index in [1.165, 1.54) is 7.11 Å². The summed E-state index contributed by atoms with van der Waals surface area (Å²) in [5.41, 5.74) is 5.27. The van der Waals surface area contributed by atoms with Crippen LogP contribution >= 0.6 is 0 Å². The Kier molecular flexibility index (Phi) is 11.1. The fourth-order valence-corrected chi connectivity index (χ4v) is 9.45. The zero-order valence-corrected chi connectivity index (χ0v) is 34.0. The number of amides is 6. The number of anilines is 3. The van der Waals surface area contributed by atoms with Crippen LogP contribution in [0.3, 0.4) is 0 Å². The topological polar surface area (TPSA) is 189 Å². The predicted octanol–water partition coefficient (Wildman–Crippen LogP) is 4.09. The van der Waals surface area contributed by atoms with E-state index in [0.29, 0.717) is 30.4 Å². The zero-order chi connectivity index (χ0) is 42.2. The lowest BCUT2D eigenvalue weighted by Gasteiger charge is -2.39. The van der Waals surface area contributed by atoms with Gasteiger partial charge < -0.3 is 30.1 Å². The molecule has 0 radical (unpaired) electrons. The quantitative estimate of drug-likeness (QED) is 0.160. The molecule has 6 heterocycles. The third-order valence-corrected chi connectivity index (χ3v) is 12.7. The number of carbonyl (C=O) groups excluding carboxylic acids is 6. The van der Waals surface area contributed by atoms with Crippen molar-refractivity contribution >= 4 is 52.6 Å². The van der Waals surface area contributed by atoms with E-state index in [2.05, 4.69) is 35.9 Å². The maximum Gasteiger partial charge on any atom is 0.262 e. The standard InChI is InChI=1S/C45H49N9O7/c1-61-39(28-6-3-2-4-7-28)45(60)53-25-35-36(26-53)49-50-40(35)48-41(56)29-9-12-32(13-10-29)52-20-17-27(18-21-52)23-51-19-5-8-31(24-51)46-30-11-14-33-34(22-30)44(59)54(43(33)58)37-15-16-38(55)47-42(37)57/h2-4,6-7,9-14,22,27,31,37,39,46H,5,8,15-21,23-26H2,1H3,(H,47,55,57)(H2,48,49,50,56)/t31-,37?,39+/m0/s1. The SMILES string of the molecule is CO[C@@H](C(=O)N1Cc2[nH]nc(NC(=O)c3ccc(N4CCC(CN5CCC[C@H](Nc6ccc7c(c6)C(=O)N(C6CCC(=O)NC6=O)C7=O)C5)CC4)cc3)c2C1)c1ccccc1. The van der Waals surface area contributed by atoms with Crippen LogP contribution in [-0.2, 0) is 32.2 Å². The van der Waals surface area contributed by atoms with Gasteiger partial charge in [0, 0.05) is 68.3 Å². The molecule has 6 amide bonds. The van der Waals surface area contributed by atoms with E-state index in [1.807, 2.05) is 60.7 Å². The van der Waals surface area contributed by atoms with Gasteiger partial charge in [0.15, 0.2) is 11.9 Å². The molecule has 61 heavy (non-hydrogen) atoms. The van der Waals surface area contributed by atoms with Gasteiger partial charge in [-0.25, -0.2) is 0 Å². The van der Waals surface area contributed by atoms with Gasteiger partial charge in [-0.05, 0) is 92.6 Å². The first-order valence-corrected chi connectivity index (χ1v) is 21.1. The van der Waals surface area contributed by atoms with Crippen molar-refractivity contribution in [2.45, 2.75) is 69.8 Å². The van der Waals surface area contributed by atoms with Gasteiger partial charge in [0.25, 0.3) is 23.6 Å². The van der Waals surface area contributed by atoms with Crippen molar-refractivity contribution in [1.82, 2.24) is 30.2 Å². The van der Waals surface area contributed by atoms with E-state index in [-0.39, 0.29) is 41.8 Å². The molecule has 4 N–H and O–H groups in total. The number of nitrogens with zero attached hydrogens (tertiary/aromatic N) is 5. The van der Waals surface area contributed by atoms with Crippen molar-refractivity contribution in [3.63, 3.8) is 0 Å². The van der Waals surface area contributed by atoms with Gasteiger partial charge in [-0.1, -0.05) is 30.3 Å². The van der Waals surface area contributed by atoms with E-state index in [0.717, 1.165) is 91.5 Å². The Balaban J connectivity index is 0.735. The lowest BCUT2D eigenvalue weighted by atomic mass is 9.94. The first-order valence-electron chi connectivity index (χ1n) is 21.1. The molecule has 0 bridgehead atoms. The number of likely N-dealkylation sites (tertiary alicyclic amines) is 1. The first-order chi connectivity index (χ1) is 29.6. The summed E-state index contributed by atoms with van der Waals surface area (Å²) in [4.78, 5) is 84.9. The average molecular weight is 828 g/mol. The van der Waals surface area contributed by atoms with Crippen molar-refractivity contribution < 1.29 is 33.5 Å². The number of piperidine rings is 3. The Morgan fingerprint density at radius 2 is 1.66 bits per heavy atom. The summed E-state index contributed by atoms with van der Waals surface area (Å²) >= 11 is 0. The van der Waals surface area contributed by atoms with E-state index in [1.54, 1.807) is 17.0 Å². The molecule has 1 unspecified atom stereocenters. The lowest BCUT2D eigenvalue weighted by Crippen LogP contribution is -2.54. The van der Waals surface area contributed by atoms with Crippen LogP contribution in [0.4, 0.5) is 17.2 Å². The maximum atomic E-state index is 13.4. The second kappa shape index (κ2) is 16.9. The molecule has 3 atom stereocenters. The van der Waals surface area contributed by atoms with Gasteiger partial charge in [-0.15, -0.1) is 0 Å². The number of fused-ring (bicyclic) bond motifs is 2. The minimum absolute atomic E-state index is 0.0828. The Labute approximate surface area is 353 Å². The van der Waals surface area contributed by atoms with Crippen LogP contribution in [0.25, 0.3) is 0 Å². The van der Waals surface area contributed by atoms with Crippen molar-refractivity contribution in [3.05, 3.63) is 106 Å². The number of ether oxygens (including phenoxy) is 1. The van der Waals surface area contributed by atoms with Crippen LogP contribution in [0.2, 0.25) is 0 Å². The predicted molar refractivity (Wildman–Crippen MR) is 225 cm³/mol. The van der Waals surface area contributed by atoms with E-state index in [9.17, 15) is 28.8 Å². The molecular formula is C45H49N9O7. The highest BCUT2D eigenvalue weighted by Gasteiger charge is 2.45. The number of aromatic nitrogens is 2. The molecule has 0 spiro atoms. The molecule has 316 valence electrons. The third kappa shape index (κ3) is 8.12. The smallest absolute Gasteiger partial charge is 0.262 e. The average Bonchev–Trinajstić information content (AvgIpc) is 3.94. The summed E-state index contributed by atoms with van der Waals surface area (Å²) in [5, 5.41) is 16.1. The lowest BCUT2D eigenvalue weighted by molar-refractivity contribution is -0.143.